The number of esters is 1. The largest absolute Gasteiger partial charge is 0.493 e. The van der Waals surface area contributed by atoms with Gasteiger partial charge in [-0.05, 0) is 65.4 Å². The van der Waals surface area contributed by atoms with Gasteiger partial charge >= 0.3 is 5.97 Å². The van der Waals surface area contributed by atoms with Gasteiger partial charge in [0.2, 0.25) is 0 Å². The second-order valence-electron chi connectivity index (χ2n) is 7.41. The van der Waals surface area contributed by atoms with E-state index in [-0.39, 0.29) is 38.6 Å². The summed E-state index contributed by atoms with van der Waals surface area (Å²) in [5.74, 6) is -1.05. The normalized spacial score (nSPS) is 14.5. The maximum absolute atomic E-state index is 12.9. The van der Waals surface area contributed by atoms with E-state index in [1.54, 1.807) is 36.4 Å². The monoisotopic (exact) mass is 581 g/mol. The minimum Gasteiger partial charge on any atom is -0.493 e. The molecule has 3 aromatic rings. The fourth-order valence-electron chi connectivity index (χ4n) is 3.30. The molecule has 1 heterocycles. The van der Waals surface area contributed by atoms with Gasteiger partial charge in [-0.1, -0.05) is 64.6 Å². The van der Waals surface area contributed by atoms with Crippen molar-refractivity contribution in [1.82, 2.24) is 4.90 Å². The van der Waals surface area contributed by atoms with Gasteiger partial charge in [-0.25, -0.2) is 4.79 Å². The van der Waals surface area contributed by atoms with Crippen molar-refractivity contribution in [2.45, 2.75) is 6.54 Å². The lowest BCUT2D eigenvalue weighted by Gasteiger charge is -2.14. The van der Waals surface area contributed by atoms with Crippen molar-refractivity contribution in [3.8, 4) is 11.5 Å². The van der Waals surface area contributed by atoms with Crippen LogP contribution in [0.4, 0.5) is 4.79 Å². The zero-order valence-electron chi connectivity index (χ0n) is 18.4. The summed E-state index contributed by atoms with van der Waals surface area (Å²) in [6.45, 7) is -0.000971. The molecule has 3 aromatic carbocycles. The van der Waals surface area contributed by atoms with Gasteiger partial charge in [0.15, 0.2) is 11.5 Å². The lowest BCUT2D eigenvalue weighted by Crippen LogP contribution is -2.27. The Balaban J connectivity index is 1.58. The maximum atomic E-state index is 12.9. The summed E-state index contributed by atoms with van der Waals surface area (Å²) in [7, 11) is 1.38. The average molecular weight is 583 g/mol. The first kappa shape index (κ1) is 26.4. The zero-order chi connectivity index (χ0) is 26.0. The molecule has 184 valence electrons. The molecule has 0 unspecified atom stereocenters. The molecule has 1 aliphatic rings. The third kappa shape index (κ3) is 5.66. The van der Waals surface area contributed by atoms with Crippen molar-refractivity contribution in [1.29, 1.82) is 0 Å². The molecule has 0 atom stereocenters. The van der Waals surface area contributed by atoms with Crippen LogP contribution in [-0.4, -0.2) is 29.1 Å². The van der Waals surface area contributed by atoms with E-state index in [1.165, 1.54) is 31.4 Å². The predicted octanol–water partition coefficient (Wildman–Crippen LogP) is 7.76. The Kier molecular flexibility index (Phi) is 8.17. The molecule has 4 rings (SSSR count). The molecule has 0 N–H and O–H groups in total. The number of carbonyl (C=O) groups excluding carboxylic acids is 3. The number of methoxy groups -OCH3 is 1. The van der Waals surface area contributed by atoms with Crippen LogP contribution in [0.25, 0.3) is 6.08 Å². The number of ether oxygens (including phenoxy) is 2. The summed E-state index contributed by atoms with van der Waals surface area (Å²) in [4.78, 5) is 39.3. The molecule has 0 saturated carbocycles. The van der Waals surface area contributed by atoms with E-state index in [0.29, 0.717) is 21.2 Å². The second kappa shape index (κ2) is 11.2. The standard InChI is InChI=1S/C25H15Cl4NO5S/c1-34-20-9-13(8-19(29)22(20)35-24(32)16-4-2-3-5-17(16)27)10-21-23(31)30(25(33)36-21)12-14-6-7-15(26)11-18(14)28/h2-11H,12H2,1H3/b21-10-. The van der Waals surface area contributed by atoms with E-state index in [2.05, 4.69) is 0 Å². The topological polar surface area (TPSA) is 72.9 Å². The molecular formula is C25H15Cl4NO5S. The van der Waals surface area contributed by atoms with Crippen molar-refractivity contribution < 1.29 is 23.9 Å². The fourth-order valence-corrected chi connectivity index (χ4v) is 5.08. The molecule has 1 fully saturated rings. The van der Waals surface area contributed by atoms with Gasteiger partial charge in [0.05, 0.1) is 34.2 Å². The van der Waals surface area contributed by atoms with E-state index in [9.17, 15) is 14.4 Å². The number of halogens is 4. The molecule has 1 saturated heterocycles. The van der Waals surface area contributed by atoms with Gasteiger partial charge in [0.1, 0.15) is 0 Å². The van der Waals surface area contributed by atoms with Crippen LogP contribution in [0.15, 0.2) is 59.5 Å². The molecule has 0 bridgehead atoms. The first-order valence-corrected chi connectivity index (χ1v) is 12.5. The highest BCUT2D eigenvalue weighted by Crippen LogP contribution is 2.40. The number of rotatable bonds is 6. The number of thioether (sulfide) groups is 1. The number of carbonyl (C=O) groups is 3. The second-order valence-corrected chi connectivity index (χ2v) is 10.1. The van der Waals surface area contributed by atoms with Gasteiger partial charge in [0.25, 0.3) is 11.1 Å². The summed E-state index contributed by atoms with van der Waals surface area (Å²) in [6, 6.07) is 14.3. The Labute approximate surface area is 230 Å². The van der Waals surface area contributed by atoms with Crippen molar-refractivity contribution in [2.75, 3.05) is 7.11 Å². The van der Waals surface area contributed by atoms with Crippen molar-refractivity contribution in [3.63, 3.8) is 0 Å². The molecule has 0 spiro atoms. The molecule has 2 amide bonds. The van der Waals surface area contributed by atoms with Gasteiger partial charge < -0.3 is 9.47 Å². The molecule has 0 radical (unpaired) electrons. The van der Waals surface area contributed by atoms with Crippen LogP contribution in [0.1, 0.15) is 21.5 Å². The van der Waals surface area contributed by atoms with Gasteiger partial charge in [0, 0.05) is 10.0 Å². The number of amides is 2. The number of benzene rings is 3. The van der Waals surface area contributed by atoms with Gasteiger partial charge in [-0.2, -0.15) is 0 Å². The Bertz CT molecular complexity index is 1430. The summed E-state index contributed by atoms with van der Waals surface area (Å²) in [5, 5.41) is 0.646. The van der Waals surface area contributed by atoms with Crippen LogP contribution < -0.4 is 9.47 Å². The van der Waals surface area contributed by atoms with Crippen molar-refractivity contribution >= 4 is 81.4 Å². The van der Waals surface area contributed by atoms with Crippen LogP contribution in [0.3, 0.4) is 0 Å². The van der Waals surface area contributed by atoms with Crippen LogP contribution in [-0.2, 0) is 11.3 Å². The van der Waals surface area contributed by atoms with Crippen molar-refractivity contribution in [2.24, 2.45) is 0 Å². The highest BCUT2D eigenvalue weighted by molar-refractivity contribution is 8.18. The molecule has 36 heavy (non-hydrogen) atoms. The smallest absolute Gasteiger partial charge is 0.345 e. The van der Waals surface area contributed by atoms with E-state index < -0.39 is 17.1 Å². The minimum absolute atomic E-state index is 0.000971. The molecular weight excluding hydrogens is 568 g/mol. The Morgan fingerprint density at radius 3 is 2.42 bits per heavy atom. The first-order chi connectivity index (χ1) is 17.2. The zero-order valence-corrected chi connectivity index (χ0v) is 22.2. The minimum atomic E-state index is -0.712. The molecule has 6 nitrogen and oxygen atoms in total. The molecule has 11 heteroatoms. The summed E-state index contributed by atoms with van der Waals surface area (Å²) >= 11 is 25.4. The first-order valence-electron chi connectivity index (χ1n) is 10.2. The van der Waals surface area contributed by atoms with E-state index in [1.807, 2.05) is 0 Å². The summed E-state index contributed by atoms with van der Waals surface area (Å²) in [6.07, 6.45) is 1.50. The number of nitrogens with zero attached hydrogens (tertiary/aromatic N) is 1. The Morgan fingerprint density at radius 2 is 1.72 bits per heavy atom. The Morgan fingerprint density at radius 1 is 0.972 bits per heavy atom. The van der Waals surface area contributed by atoms with E-state index >= 15 is 0 Å². The van der Waals surface area contributed by atoms with Gasteiger partial charge in [-0.3, -0.25) is 14.5 Å². The SMILES string of the molecule is COc1cc(/C=C2\SC(=O)N(Cc3ccc(Cl)cc3Cl)C2=O)cc(Cl)c1OC(=O)c1ccccc1Cl. The van der Waals surface area contributed by atoms with E-state index in [0.717, 1.165) is 16.7 Å². The Hall–Kier alpha value is -2.68. The van der Waals surface area contributed by atoms with Crippen LogP contribution >= 0.6 is 58.2 Å². The lowest BCUT2D eigenvalue weighted by molar-refractivity contribution is -0.123. The molecule has 1 aliphatic heterocycles. The number of hydrogen-bond donors (Lipinski definition) is 0. The number of hydrogen-bond acceptors (Lipinski definition) is 6. The third-order valence-electron chi connectivity index (χ3n) is 5.06. The average Bonchev–Trinajstić information content (AvgIpc) is 3.09. The predicted molar refractivity (Wildman–Crippen MR) is 142 cm³/mol. The highest BCUT2D eigenvalue weighted by Gasteiger charge is 2.35. The van der Waals surface area contributed by atoms with Crippen LogP contribution in [0.2, 0.25) is 20.1 Å². The highest BCUT2D eigenvalue weighted by atomic mass is 35.5. The van der Waals surface area contributed by atoms with Crippen LogP contribution in [0.5, 0.6) is 11.5 Å². The quantitative estimate of drug-likeness (QED) is 0.168. The van der Waals surface area contributed by atoms with Crippen LogP contribution in [0, 0.1) is 0 Å². The molecule has 0 aromatic heterocycles. The van der Waals surface area contributed by atoms with Gasteiger partial charge in [-0.15, -0.1) is 0 Å². The van der Waals surface area contributed by atoms with Crippen molar-refractivity contribution in [3.05, 3.63) is 96.3 Å². The maximum Gasteiger partial charge on any atom is 0.345 e. The van der Waals surface area contributed by atoms with E-state index in [4.69, 9.17) is 55.9 Å². The summed E-state index contributed by atoms with van der Waals surface area (Å²) in [5.41, 5.74) is 1.21. The number of imide groups is 1. The fraction of sp³-hybridized carbons (Fsp3) is 0.0800. The lowest BCUT2D eigenvalue weighted by atomic mass is 10.1. The third-order valence-corrected chi connectivity index (χ3v) is 7.16. The molecule has 0 aliphatic carbocycles. The summed E-state index contributed by atoms with van der Waals surface area (Å²) < 4.78 is 10.8.